The number of carbonyl (C=O) groups is 3. The molecule has 3 N–H and O–H groups in total. The summed E-state index contributed by atoms with van der Waals surface area (Å²) in [5.41, 5.74) is 1.20. The molecule has 31 heavy (non-hydrogen) atoms. The monoisotopic (exact) mass is 459 g/mol. The van der Waals surface area contributed by atoms with Crippen LogP contribution in [-0.2, 0) is 4.79 Å². The Morgan fingerprint density at radius 3 is 2.13 bits per heavy atom. The molecule has 0 bridgehead atoms. The number of carbonyl (C=O) groups excluding carboxylic acids is 3. The minimum atomic E-state index is -0.490. The molecular weight excluding hydrogens is 444 g/mol. The predicted octanol–water partition coefficient (Wildman–Crippen LogP) is 4.75. The van der Waals surface area contributed by atoms with Gasteiger partial charge in [-0.1, -0.05) is 35.3 Å². The first kappa shape index (κ1) is 22.3. The van der Waals surface area contributed by atoms with Gasteiger partial charge in [0.05, 0.1) is 16.6 Å². The predicted molar refractivity (Wildman–Crippen MR) is 118 cm³/mol. The number of hydrogen-bond acceptors (Lipinski definition) is 3. The van der Waals surface area contributed by atoms with Crippen LogP contribution in [-0.4, -0.2) is 24.3 Å². The minimum absolute atomic E-state index is 0.229. The smallest absolute Gasteiger partial charge is 0.255 e. The quantitative estimate of drug-likeness (QED) is 0.496. The average molecular weight is 460 g/mol. The van der Waals surface area contributed by atoms with Gasteiger partial charge in [0, 0.05) is 22.5 Å². The van der Waals surface area contributed by atoms with Crippen LogP contribution in [0.15, 0.2) is 66.7 Å². The number of amides is 3. The number of nitrogens with one attached hydrogen (secondary N) is 3. The molecule has 0 aliphatic carbocycles. The summed E-state index contributed by atoms with van der Waals surface area (Å²) in [6.07, 6.45) is 0. The van der Waals surface area contributed by atoms with Gasteiger partial charge in [0.1, 0.15) is 5.82 Å². The van der Waals surface area contributed by atoms with E-state index in [1.54, 1.807) is 24.3 Å². The number of halogens is 3. The molecule has 0 saturated heterocycles. The van der Waals surface area contributed by atoms with Crippen molar-refractivity contribution in [2.75, 3.05) is 17.2 Å². The van der Waals surface area contributed by atoms with E-state index in [0.29, 0.717) is 16.4 Å². The van der Waals surface area contributed by atoms with Gasteiger partial charge in [0.15, 0.2) is 0 Å². The molecule has 0 aliphatic rings. The zero-order valence-corrected chi connectivity index (χ0v) is 17.4. The largest absolute Gasteiger partial charge is 0.343 e. The average Bonchev–Trinajstić information content (AvgIpc) is 2.74. The Kier molecular flexibility index (Phi) is 7.23. The van der Waals surface area contributed by atoms with Crippen molar-refractivity contribution in [2.24, 2.45) is 0 Å². The van der Waals surface area contributed by atoms with Gasteiger partial charge < -0.3 is 16.0 Å². The van der Waals surface area contributed by atoms with Crippen LogP contribution in [0.3, 0.4) is 0 Å². The van der Waals surface area contributed by atoms with Crippen LogP contribution < -0.4 is 16.0 Å². The summed E-state index contributed by atoms with van der Waals surface area (Å²) >= 11 is 11.7. The lowest BCUT2D eigenvalue weighted by molar-refractivity contribution is -0.115. The third-order valence-electron chi connectivity index (χ3n) is 4.08. The molecule has 0 heterocycles. The van der Waals surface area contributed by atoms with Crippen molar-refractivity contribution in [3.05, 3.63) is 93.7 Å². The Hall–Kier alpha value is -3.42. The molecule has 0 unspecified atom stereocenters. The van der Waals surface area contributed by atoms with Crippen molar-refractivity contribution in [3.63, 3.8) is 0 Å². The van der Waals surface area contributed by atoms with E-state index in [-0.39, 0.29) is 22.7 Å². The minimum Gasteiger partial charge on any atom is -0.343 e. The summed E-state index contributed by atoms with van der Waals surface area (Å²) in [6.45, 7) is -0.293. The zero-order valence-electron chi connectivity index (χ0n) is 15.9. The Balaban J connectivity index is 1.57. The van der Waals surface area contributed by atoms with Crippen molar-refractivity contribution in [1.82, 2.24) is 5.32 Å². The highest BCUT2D eigenvalue weighted by Crippen LogP contribution is 2.22. The number of rotatable bonds is 6. The lowest BCUT2D eigenvalue weighted by Crippen LogP contribution is -2.32. The highest BCUT2D eigenvalue weighted by molar-refractivity contribution is 6.42. The third-order valence-corrected chi connectivity index (χ3v) is 4.82. The second kappa shape index (κ2) is 10.1. The van der Waals surface area contributed by atoms with Crippen LogP contribution in [0.2, 0.25) is 10.0 Å². The Morgan fingerprint density at radius 1 is 0.742 bits per heavy atom. The standard InChI is InChI=1S/C22H16Cl2FN3O3/c23-18-8-7-14(10-19(18)24)21(30)26-12-20(29)27-16-5-1-3-13(9-16)22(31)28-17-6-2-4-15(25)11-17/h1-11H,12H2,(H,26,30)(H,27,29)(H,28,31). The van der Waals surface area contributed by atoms with Crippen LogP contribution in [0.1, 0.15) is 20.7 Å². The number of anilines is 2. The highest BCUT2D eigenvalue weighted by atomic mass is 35.5. The second-order valence-electron chi connectivity index (χ2n) is 6.41. The normalized spacial score (nSPS) is 10.3. The van der Waals surface area contributed by atoms with E-state index in [2.05, 4.69) is 16.0 Å². The zero-order chi connectivity index (χ0) is 22.4. The van der Waals surface area contributed by atoms with Gasteiger partial charge in [-0.3, -0.25) is 14.4 Å². The molecule has 3 aromatic rings. The molecule has 0 aliphatic heterocycles. The SMILES string of the molecule is O=C(CNC(=O)c1ccc(Cl)c(Cl)c1)Nc1cccc(C(=O)Nc2cccc(F)c2)c1. The molecule has 0 spiro atoms. The Bertz CT molecular complexity index is 1150. The lowest BCUT2D eigenvalue weighted by atomic mass is 10.1. The van der Waals surface area contributed by atoms with Gasteiger partial charge in [-0.25, -0.2) is 4.39 Å². The molecule has 0 aromatic heterocycles. The highest BCUT2D eigenvalue weighted by Gasteiger charge is 2.12. The lowest BCUT2D eigenvalue weighted by Gasteiger charge is -2.09. The summed E-state index contributed by atoms with van der Waals surface area (Å²) in [5.74, 6) is -1.91. The Morgan fingerprint density at radius 2 is 1.42 bits per heavy atom. The molecule has 3 aromatic carbocycles. The maximum absolute atomic E-state index is 13.3. The molecule has 0 radical (unpaired) electrons. The summed E-state index contributed by atoms with van der Waals surface area (Å²) in [5, 5.41) is 8.19. The van der Waals surface area contributed by atoms with E-state index in [4.69, 9.17) is 23.2 Å². The van der Waals surface area contributed by atoms with E-state index >= 15 is 0 Å². The van der Waals surface area contributed by atoms with Crippen LogP contribution in [0.5, 0.6) is 0 Å². The van der Waals surface area contributed by atoms with E-state index in [1.807, 2.05) is 0 Å². The maximum Gasteiger partial charge on any atom is 0.255 e. The fraction of sp³-hybridized carbons (Fsp3) is 0.0455. The second-order valence-corrected chi connectivity index (χ2v) is 7.22. The van der Waals surface area contributed by atoms with Gasteiger partial charge in [-0.15, -0.1) is 0 Å². The van der Waals surface area contributed by atoms with Crippen LogP contribution in [0, 0.1) is 5.82 Å². The fourth-order valence-electron chi connectivity index (χ4n) is 2.61. The van der Waals surface area contributed by atoms with E-state index in [1.165, 1.54) is 42.5 Å². The van der Waals surface area contributed by atoms with Crippen LogP contribution in [0.4, 0.5) is 15.8 Å². The first-order valence-electron chi connectivity index (χ1n) is 9.02. The third kappa shape index (κ3) is 6.28. The van der Waals surface area contributed by atoms with Crippen molar-refractivity contribution >= 4 is 52.3 Å². The molecule has 0 fully saturated rings. The molecule has 9 heteroatoms. The van der Waals surface area contributed by atoms with Crippen molar-refractivity contribution < 1.29 is 18.8 Å². The molecule has 3 amide bonds. The van der Waals surface area contributed by atoms with E-state index in [9.17, 15) is 18.8 Å². The summed E-state index contributed by atoms with van der Waals surface area (Å²) in [6, 6.07) is 16.1. The number of hydrogen-bond donors (Lipinski definition) is 3. The van der Waals surface area contributed by atoms with Crippen molar-refractivity contribution in [2.45, 2.75) is 0 Å². The summed E-state index contributed by atoms with van der Waals surface area (Å²) in [4.78, 5) is 36.7. The summed E-state index contributed by atoms with van der Waals surface area (Å²) < 4.78 is 13.3. The molecule has 6 nitrogen and oxygen atoms in total. The fourth-order valence-corrected chi connectivity index (χ4v) is 2.91. The van der Waals surface area contributed by atoms with Gasteiger partial charge in [-0.05, 0) is 54.6 Å². The van der Waals surface area contributed by atoms with Gasteiger partial charge in [0.25, 0.3) is 11.8 Å². The summed E-state index contributed by atoms with van der Waals surface area (Å²) in [7, 11) is 0. The first-order valence-corrected chi connectivity index (χ1v) is 9.77. The van der Waals surface area contributed by atoms with Crippen LogP contribution >= 0.6 is 23.2 Å². The van der Waals surface area contributed by atoms with Crippen molar-refractivity contribution in [1.29, 1.82) is 0 Å². The topological polar surface area (TPSA) is 87.3 Å². The molecule has 158 valence electrons. The maximum atomic E-state index is 13.3. The number of benzene rings is 3. The van der Waals surface area contributed by atoms with Gasteiger partial charge >= 0.3 is 0 Å². The van der Waals surface area contributed by atoms with E-state index < -0.39 is 23.5 Å². The molecular formula is C22H16Cl2FN3O3. The van der Waals surface area contributed by atoms with E-state index in [0.717, 1.165) is 0 Å². The molecule has 3 rings (SSSR count). The molecule has 0 saturated carbocycles. The van der Waals surface area contributed by atoms with Gasteiger partial charge in [0.2, 0.25) is 5.91 Å². The Labute approximate surface area is 187 Å². The first-order chi connectivity index (χ1) is 14.8. The van der Waals surface area contributed by atoms with Crippen LogP contribution in [0.25, 0.3) is 0 Å². The van der Waals surface area contributed by atoms with Crippen molar-refractivity contribution in [3.8, 4) is 0 Å². The molecule has 0 atom stereocenters. The van der Waals surface area contributed by atoms with Gasteiger partial charge in [-0.2, -0.15) is 0 Å².